The van der Waals surface area contributed by atoms with Crippen LogP contribution < -0.4 is 42.2 Å². The summed E-state index contributed by atoms with van der Waals surface area (Å²) in [5.41, 5.74) is 5.36. The van der Waals surface area contributed by atoms with Gasteiger partial charge < -0.3 is 84.0 Å². The highest BCUT2D eigenvalue weighted by molar-refractivity contribution is 7.89. The quantitative estimate of drug-likeness (QED) is 0.0195. The molecule has 0 unspecified atom stereocenters. The van der Waals surface area contributed by atoms with Gasteiger partial charge >= 0.3 is 0 Å². The highest BCUT2D eigenvalue weighted by Gasteiger charge is 2.45. The lowest BCUT2D eigenvalue weighted by molar-refractivity contribution is -0.140. The van der Waals surface area contributed by atoms with E-state index in [0.29, 0.717) is 141 Å². The molecule has 2 aliphatic heterocycles. The SMILES string of the molecule is CC[C@@]1(O)C(=O)CCc2c1cc1n(c2=O)Cc2c-1nc1cc(F)c(C)c3c1c2[C@@H](NS(=O)(=O)CCC(=O)NCc1ccc(NC(=O)[C@H](C)NC(=O)[C@@H](NC(=O)CCOCCOCCOCCOCCOCCOCCOCCOCCNC(=O)[C@H](CS(=O)(=O)O)NC(=O)CCn2c4c(c5cccnc52)CN(C)N(C)C4)C(C)C)cc1)CC3. The lowest BCUT2D eigenvalue weighted by atomic mass is 9.77. The molecule has 5 atom stereocenters. The number of ether oxygens (including phenoxy) is 8. The fourth-order valence-corrected chi connectivity index (χ4v) is 16.5. The molecule has 0 fully saturated rings. The summed E-state index contributed by atoms with van der Waals surface area (Å²) >= 11 is 0. The number of halogens is 1. The first-order chi connectivity index (χ1) is 55.9. The number of rotatable bonds is 48. The first-order valence-electron chi connectivity index (χ1n) is 39.4. The normalized spacial score (nSPS) is 16.8. The maximum atomic E-state index is 15.5. The van der Waals surface area contributed by atoms with Gasteiger partial charge in [-0.2, -0.15) is 8.42 Å². The molecule has 4 aliphatic rings. The Hall–Kier alpha value is -8.71. The number of carbonyl (C=O) groups is 7. The maximum absolute atomic E-state index is 15.5. The number of pyridine rings is 3. The molecule has 0 spiro atoms. The van der Waals surface area contributed by atoms with E-state index >= 15 is 4.39 Å². The molecule has 6 amide bonds. The number of nitrogens with zero attached hydrogens (tertiary/aromatic N) is 6. The molecule has 4 aromatic heterocycles. The van der Waals surface area contributed by atoms with Crippen molar-refractivity contribution in [2.45, 2.75) is 148 Å². The number of amides is 6. The largest absolute Gasteiger partial charge is 0.379 e. The van der Waals surface area contributed by atoms with Crippen molar-refractivity contribution in [3.8, 4) is 11.4 Å². The van der Waals surface area contributed by atoms with Crippen molar-refractivity contribution in [1.29, 1.82) is 0 Å². The predicted octanol–water partition coefficient (Wildman–Crippen LogP) is 2.43. The van der Waals surface area contributed by atoms with Crippen molar-refractivity contribution in [2.24, 2.45) is 5.92 Å². The molecule has 0 saturated carbocycles. The molecule has 0 saturated heterocycles. The van der Waals surface area contributed by atoms with Crippen LogP contribution in [0.25, 0.3) is 33.3 Å². The third-order valence-corrected chi connectivity index (χ3v) is 23.1. The van der Waals surface area contributed by atoms with Crippen LogP contribution in [0.5, 0.6) is 0 Å². The molecule has 0 bridgehead atoms. The van der Waals surface area contributed by atoms with Crippen LogP contribution >= 0.6 is 0 Å². The van der Waals surface area contributed by atoms with E-state index in [4.69, 9.17) is 42.9 Å². The van der Waals surface area contributed by atoms with Crippen molar-refractivity contribution in [3.05, 3.63) is 121 Å². The fourth-order valence-electron chi connectivity index (χ4n) is 14.6. The lowest BCUT2D eigenvalue weighted by Crippen LogP contribution is -2.53. The second kappa shape index (κ2) is 42.3. The van der Waals surface area contributed by atoms with Gasteiger partial charge in [0.25, 0.3) is 15.7 Å². The Morgan fingerprint density at radius 3 is 1.89 bits per heavy atom. The van der Waals surface area contributed by atoms with Crippen LogP contribution in [0.3, 0.4) is 0 Å². The van der Waals surface area contributed by atoms with Crippen LogP contribution in [-0.2, 0) is 143 Å². The van der Waals surface area contributed by atoms with Gasteiger partial charge in [-0.15, -0.1) is 0 Å². The molecule has 117 heavy (non-hydrogen) atoms. The predicted molar refractivity (Wildman–Crippen MR) is 426 cm³/mol. The van der Waals surface area contributed by atoms with E-state index in [9.17, 15) is 64.9 Å². The van der Waals surface area contributed by atoms with Gasteiger partial charge in [0, 0.05) is 123 Å². The summed E-state index contributed by atoms with van der Waals surface area (Å²) in [6.07, 6.45) is 1.99. The minimum atomic E-state index is -4.62. The molecule has 9 N–H and O–H groups in total. The van der Waals surface area contributed by atoms with Gasteiger partial charge in [0.1, 0.15) is 40.9 Å². The van der Waals surface area contributed by atoms with E-state index in [1.54, 1.807) is 64.2 Å². The summed E-state index contributed by atoms with van der Waals surface area (Å²) in [7, 11) is -4.81. The number of nitrogens with one attached hydrogen (secondary N) is 7. The number of aromatic nitrogens is 4. The number of benzene rings is 2. The number of Topliss-reactive ketones (excluding diaryl/α,β-unsaturated/α-hetero) is 1. The molecule has 6 aromatic rings. The molecule has 10 rings (SSSR count). The summed E-state index contributed by atoms with van der Waals surface area (Å²) in [4.78, 5) is 115. The smallest absolute Gasteiger partial charge is 0.267 e. The Kier molecular flexibility index (Phi) is 32.8. The highest BCUT2D eigenvalue weighted by Crippen LogP contribution is 2.46. The summed E-state index contributed by atoms with van der Waals surface area (Å²) < 4.78 is 127. The molecule has 0 radical (unpaired) electrons. The molecule has 6 heterocycles. The van der Waals surface area contributed by atoms with Gasteiger partial charge in [-0.1, -0.05) is 32.9 Å². The van der Waals surface area contributed by atoms with Gasteiger partial charge in [-0.25, -0.2) is 37.5 Å². The Morgan fingerprint density at radius 1 is 0.667 bits per heavy atom. The number of hydrogen-bond acceptors (Lipinski definition) is 25. The Morgan fingerprint density at radius 2 is 1.27 bits per heavy atom. The second-order valence-electron chi connectivity index (χ2n) is 29.6. The van der Waals surface area contributed by atoms with Crippen LogP contribution in [0.2, 0.25) is 0 Å². The summed E-state index contributed by atoms with van der Waals surface area (Å²) in [5.74, 6) is -6.19. The van der Waals surface area contributed by atoms with Crippen molar-refractivity contribution in [2.75, 3.05) is 143 Å². The number of hydrogen-bond donors (Lipinski definition) is 9. The fraction of sp³-hybridized carbons (Fsp3) is 0.570. The zero-order chi connectivity index (χ0) is 84.1. The van der Waals surface area contributed by atoms with Crippen molar-refractivity contribution >= 4 is 89.0 Å². The lowest BCUT2D eigenvalue weighted by Gasteiger charge is -2.33. The number of aliphatic hydroxyl groups is 1. The van der Waals surface area contributed by atoms with Gasteiger partial charge in [0.2, 0.25) is 45.5 Å². The van der Waals surface area contributed by atoms with Gasteiger partial charge in [0.15, 0.2) is 5.78 Å². The second-order valence-corrected chi connectivity index (χ2v) is 32.9. The average Bonchev–Trinajstić information content (AvgIpc) is 1.58. The van der Waals surface area contributed by atoms with Crippen molar-refractivity contribution in [3.63, 3.8) is 0 Å². The standard InChI is InChI=1S/C79H108FN13O22S2/c1-8-79(102)59-42-64-73-58(46-93(64)78(101)56(59)16-18-66(79)94)71-61(17-15-54-50(4)60(80)43-62(87-73)70(54)71)89-116(103,104)41-21-67(95)83-44-52-11-13-53(14-12-52)85-75(98)51(5)84-77(100)72(49(2)3)88-69(97)20-25-108-27-29-110-31-33-112-35-37-114-39-40-115-38-36-113-34-32-111-30-28-109-26-23-82-76(99)63(48-117(105,106)107)86-68(96)19-24-92-65-47-91(7)90(6)45-57(65)55-10-9-22-81-74(55)92/h9-14,22,42-43,49,51,61,63,72,89,102H,8,15-21,23-41,44-48H2,1-7H3,(H,82,99)(H,83,95)(H,84,100)(H,85,98)(H,86,96)(H,88,97)(H,105,106,107)/t51-,61-,63-,72-,79-/m0/s1. The highest BCUT2D eigenvalue weighted by atomic mass is 32.2. The van der Waals surface area contributed by atoms with Crippen LogP contribution in [0.1, 0.15) is 122 Å². The Labute approximate surface area is 678 Å². The Bertz CT molecular complexity index is 4840. The first-order valence-corrected chi connectivity index (χ1v) is 42.7. The van der Waals surface area contributed by atoms with Gasteiger partial charge in [-0.05, 0) is 104 Å². The first kappa shape index (κ1) is 90.6. The zero-order valence-corrected chi connectivity index (χ0v) is 68.8. The van der Waals surface area contributed by atoms with Gasteiger partial charge in [-0.3, -0.25) is 42.9 Å². The number of sulfonamides is 1. The molecule has 2 aliphatic carbocycles. The number of ketones is 1. The number of anilines is 1. The molecular formula is C79H108FN13O22S2. The van der Waals surface area contributed by atoms with E-state index in [2.05, 4.69) is 51.6 Å². The topological polar surface area (TPSA) is 445 Å². The van der Waals surface area contributed by atoms with Gasteiger partial charge in [0.05, 0.1) is 141 Å². The minimum Gasteiger partial charge on any atom is -0.379 e. The number of carbonyl (C=O) groups excluding carboxylic acids is 7. The number of aryl methyl sites for hydroxylation is 2. The molecular weight excluding hydrogens is 1570 g/mol. The van der Waals surface area contributed by atoms with E-state index in [1.807, 2.05) is 30.8 Å². The third-order valence-electron chi connectivity index (χ3n) is 21.0. The minimum absolute atomic E-state index is 0.00642. The molecule has 38 heteroatoms. The monoisotopic (exact) mass is 1670 g/mol. The molecule has 2 aromatic carbocycles. The maximum Gasteiger partial charge on any atom is 0.267 e. The van der Waals surface area contributed by atoms with Crippen LogP contribution in [0.15, 0.2) is 59.5 Å². The Balaban J connectivity index is 0.507. The van der Waals surface area contributed by atoms with Crippen molar-refractivity contribution < 1.29 is 102 Å². The van der Waals surface area contributed by atoms with Crippen molar-refractivity contribution in [1.82, 2.24) is 60.4 Å². The summed E-state index contributed by atoms with van der Waals surface area (Å²) in [5, 5.41) is 33.1. The zero-order valence-electron chi connectivity index (χ0n) is 67.1. The van der Waals surface area contributed by atoms with E-state index in [1.165, 1.54) is 17.6 Å². The van der Waals surface area contributed by atoms with E-state index in [0.717, 1.165) is 22.3 Å². The van der Waals surface area contributed by atoms with Crippen LogP contribution in [0.4, 0.5) is 10.1 Å². The van der Waals surface area contributed by atoms with E-state index < -0.39 is 103 Å². The van der Waals surface area contributed by atoms with Crippen LogP contribution in [-0.4, -0.2) is 253 Å². The molecule has 640 valence electrons. The summed E-state index contributed by atoms with van der Waals surface area (Å²) in [6, 6.07) is 8.97. The third kappa shape index (κ3) is 24.3. The summed E-state index contributed by atoms with van der Waals surface area (Å²) in [6.45, 7) is 14.4. The number of fused-ring (bicyclic) bond motifs is 8. The molecule has 35 nitrogen and oxygen atoms in total. The van der Waals surface area contributed by atoms with Crippen LogP contribution in [0, 0.1) is 18.7 Å². The number of hydrazine groups is 1. The van der Waals surface area contributed by atoms with E-state index in [-0.39, 0.29) is 139 Å². The average molecular weight is 1670 g/mol.